The predicted molar refractivity (Wildman–Crippen MR) is 90.2 cm³/mol. The van der Waals surface area contributed by atoms with E-state index in [4.69, 9.17) is 0 Å². The summed E-state index contributed by atoms with van der Waals surface area (Å²) in [6, 6.07) is 18.3. The van der Waals surface area contributed by atoms with Crippen molar-refractivity contribution in [2.24, 2.45) is 5.10 Å². The second kappa shape index (κ2) is 7.07. The highest BCUT2D eigenvalue weighted by Crippen LogP contribution is 2.10. The number of ketones is 1. The number of carbonyl (C=O) groups excluding carboxylic acids is 1. The minimum absolute atomic E-state index is 0.219. The average molecular weight is 308 g/mol. The number of nitrogens with one attached hydrogen (secondary N) is 2. The molecule has 5 nitrogen and oxygen atoms in total. The van der Waals surface area contributed by atoms with Crippen LogP contribution in [0.1, 0.15) is 30.0 Å². The number of hydrazone groups is 1. The van der Waals surface area contributed by atoms with Crippen LogP contribution in [0.25, 0.3) is 0 Å². The number of nitrogens with zero attached hydrogens (tertiary/aromatic N) is 2. The van der Waals surface area contributed by atoms with Crippen molar-refractivity contribution in [3.05, 3.63) is 71.3 Å². The van der Waals surface area contributed by atoms with Crippen LogP contribution in [0.15, 0.2) is 59.7 Å². The zero-order chi connectivity index (χ0) is 16.1. The first-order valence-electron chi connectivity index (χ1n) is 7.71. The lowest BCUT2D eigenvalue weighted by molar-refractivity contribution is -0.116. The summed E-state index contributed by atoms with van der Waals surface area (Å²) < 4.78 is 0. The molecule has 1 aliphatic heterocycles. The topological polar surface area (TPSA) is 56.7 Å². The van der Waals surface area contributed by atoms with Gasteiger partial charge < -0.3 is 4.79 Å². The van der Waals surface area contributed by atoms with E-state index in [2.05, 4.69) is 28.2 Å². The van der Waals surface area contributed by atoms with Gasteiger partial charge in [0.05, 0.1) is 6.54 Å². The van der Waals surface area contributed by atoms with E-state index >= 15 is 0 Å². The molecule has 2 N–H and O–H groups in total. The van der Waals surface area contributed by atoms with E-state index in [0.717, 1.165) is 23.4 Å². The number of rotatable bonds is 6. The SMILES string of the molecule is CC(=O)CCc1ccc(C2=NNN(Cc3ccccc3)N2)cc1. The fraction of sp³-hybridized carbons (Fsp3) is 0.222. The molecule has 0 radical (unpaired) electrons. The summed E-state index contributed by atoms with van der Waals surface area (Å²) in [6.45, 7) is 2.34. The van der Waals surface area contributed by atoms with Crippen molar-refractivity contribution in [2.45, 2.75) is 26.3 Å². The summed E-state index contributed by atoms with van der Waals surface area (Å²) >= 11 is 0. The van der Waals surface area contributed by atoms with Crippen molar-refractivity contribution >= 4 is 11.6 Å². The second-order valence-electron chi connectivity index (χ2n) is 5.64. The van der Waals surface area contributed by atoms with Gasteiger partial charge in [-0.3, -0.25) is 5.43 Å². The van der Waals surface area contributed by atoms with Crippen molar-refractivity contribution in [2.75, 3.05) is 0 Å². The Balaban J connectivity index is 1.57. The van der Waals surface area contributed by atoms with Gasteiger partial charge in [-0.1, -0.05) is 54.6 Å². The van der Waals surface area contributed by atoms with E-state index in [-0.39, 0.29) is 5.78 Å². The molecule has 23 heavy (non-hydrogen) atoms. The number of carbonyl (C=O) groups is 1. The van der Waals surface area contributed by atoms with Gasteiger partial charge in [0.15, 0.2) is 5.84 Å². The standard InChI is InChI=1S/C18H20N4O/c1-14(23)7-8-15-9-11-17(12-10-15)18-19-21-22(20-18)13-16-5-3-2-4-6-16/h2-6,9-12,21H,7-8,13H2,1H3,(H,19,20). The largest absolute Gasteiger partial charge is 0.300 e. The molecule has 0 unspecified atom stereocenters. The van der Waals surface area contributed by atoms with Crippen LogP contribution in [0.4, 0.5) is 0 Å². The normalized spacial score (nSPS) is 14.0. The van der Waals surface area contributed by atoms with Crippen LogP contribution in [0.2, 0.25) is 0 Å². The van der Waals surface area contributed by atoms with Crippen LogP contribution in [0.5, 0.6) is 0 Å². The van der Waals surface area contributed by atoms with Crippen LogP contribution < -0.4 is 11.0 Å². The van der Waals surface area contributed by atoms with Crippen LogP contribution in [-0.2, 0) is 17.8 Å². The molecule has 1 heterocycles. The van der Waals surface area contributed by atoms with Crippen molar-refractivity contribution in [3.63, 3.8) is 0 Å². The van der Waals surface area contributed by atoms with Crippen molar-refractivity contribution in [1.29, 1.82) is 0 Å². The Kier molecular flexibility index (Phi) is 4.68. The van der Waals surface area contributed by atoms with E-state index in [1.165, 1.54) is 5.56 Å². The van der Waals surface area contributed by atoms with Crippen LogP contribution in [-0.4, -0.2) is 16.7 Å². The minimum atomic E-state index is 0.219. The lowest BCUT2D eigenvalue weighted by atomic mass is 10.1. The van der Waals surface area contributed by atoms with Gasteiger partial charge in [0.25, 0.3) is 0 Å². The van der Waals surface area contributed by atoms with Crippen molar-refractivity contribution in [3.8, 4) is 0 Å². The monoisotopic (exact) mass is 308 g/mol. The summed E-state index contributed by atoms with van der Waals surface area (Å²) in [5, 5.41) is 6.16. The Bertz CT molecular complexity index is 695. The van der Waals surface area contributed by atoms with Gasteiger partial charge in [-0.25, -0.2) is 5.53 Å². The molecule has 0 saturated heterocycles. The fourth-order valence-electron chi connectivity index (χ4n) is 2.41. The Morgan fingerprint density at radius 3 is 2.48 bits per heavy atom. The van der Waals surface area contributed by atoms with Crippen LogP contribution in [0.3, 0.4) is 0 Å². The maximum absolute atomic E-state index is 11.0. The van der Waals surface area contributed by atoms with E-state index in [0.29, 0.717) is 13.0 Å². The van der Waals surface area contributed by atoms with Crippen molar-refractivity contribution < 1.29 is 4.79 Å². The fourth-order valence-corrected chi connectivity index (χ4v) is 2.41. The number of Topliss-reactive ketones (excluding diaryl/α,β-unsaturated/α-hetero) is 1. The Morgan fingerprint density at radius 1 is 1.04 bits per heavy atom. The van der Waals surface area contributed by atoms with Gasteiger partial charge in [0.1, 0.15) is 5.78 Å². The van der Waals surface area contributed by atoms with Gasteiger partial charge in [-0.2, -0.15) is 0 Å². The summed E-state index contributed by atoms with van der Waals surface area (Å²) in [5.74, 6) is 1.01. The first kappa shape index (κ1) is 15.2. The van der Waals surface area contributed by atoms with E-state index in [1.54, 1.807) is 6.92 Å². The van der Waals surface area contributed by atoms with E-state index in [1.807, 2.05) is 47.6 Å². The maximum Gasteiger partial charge on any atom is 0.170 e. The second-order valence-corrected chi connectivity index (χ2v) is 5.64. The third kappa shape index (κ3) is 4.17. The summed E-state index contributed by atoms with van der Waals surface area (Å²) in [5.41, 5.74) is 9.59. The highest BCUT2D eigenvalue weighted by atomic mass is 16.1. The van der Waals surface area contributed by atoms with Gasteiger partial charge in [-0.05, 0) is 24.5 Å². The lowest BCUT2D eigenvalue weighted by Gasteiger charge is -2.15. The number of hydrogen-bond acceptors (Lipinski definition) is 5. The molecule has 2 aromatic carbocycles. The summed E-state index contributed by atoms with van der Waals surface area (Å²) in [6.07, 6.45) is 1.37. The third-order valence-electron chi connectivity index (χ3n) is 3.70. The molecular weight excluding hydrogens is 288 g/mol. The number of amidine groups is 1. The predicted octanol–water partition coefficient (Wildman–Crippen LogP) is 2.39. The molecular formula is C18H20N4O. The highest BCUT2D eigenvalue weighted by Gasteiger charge is 2.16. The molecule has 0 aliphatic carbocycles. The number of benzene rings is 2. The van der Waals surface area contributed by atoms with Gasteiger partial charge in [0, 0.05) is 12.0 Å². The van der Waals surface area contributed by atoms with Gasteiger partial charge in [0.2, 0.25) is 0 Å². The molecule has 1 aliphatic rings. The Hall–Kier alpha value is -2.66. The number of hydrazine groups is 2. The Morgan fingerprint density at radius 2 is 1.78 bits per heavy atom. The first-order valence-corrected chi connectivity index (χ1v) is 7.71. The number of hydrogen-bond donors (Lipinski definition) is 2. The van der Waals surface area contributed by atoms with Crippen molar-refractivity contribution in [1.82, 2.24) is 16.1 Å². The van der Waals surface area contributed by atoms with E-state index in [9.17, 15) is 4.79 Å². The quantitative estimate of drug-likeness (QED) is 0.860. The molecule has 2 aromatic rings. The molecule has 0 fully saturated rings. The summed E-state index contributed by atoms with van der Waals surface area (Å²) in [7, 11) is 0. The van der Waals surface area contributed by atoms with Gasteiger partial charge in [-0.15, -0.1) is 10.2 Å². The van der Waals surface area contributed by atoms with E-state index < -0.39 is 0 Å². The van der Waals surface area contributed by atoms with Crippen LogP contribution >= 0.6 is 0 Å². The Labute approximate surface area is 135 Å². The zero-order valence-electron chi connectivity index (χ0n) is 13.1. The molecule has 5 heteroatoms. The molecule has 118 valence electrons. The highest BCUT2D eigenvalue weighted by molar-refractivity contribution is 5.98. The van der Waals surface area contributed by atoms with Gasteiger partial charge >= 0.3 is 0 Å². The molecule has 0 saturated carbocycles. The molecule has 3 rings (SSSR count). The molecule has 0 atom stereocenters. The smallest absolute Gasteiger partial charge is 0.170 e. The van der Waals surface area contributed by atoms with Crippen LogP contribution in [0, 0.1) is 0 Å². The summed E-state index contributed by atoms with van der Waals surface area (Å²) in [4.78, 5) is 11.0. The molecule has 0 spiro atoms. The molecule has 0 bridgehead atoms. The zero-order valence-corrected chi connectivity index (χ0v) is 13.1. The minimum Gasteiger partial charge on any atom is -0.300 e. The average Bonchev–Trinajstić information content (AvgIpc) is 3.03. The first-order chi connectivity index (χ1) is 11.2. The molecule has 0 aromatic heterocycles. The third-order valence-corrected chi connectivity index (χ3v) is 3.70. The lowest BCUT2D eigenvalue weighted by Crippen LogP contribution is -2.40. The molecule has 0 amide bonds. The maximum atomic E-state index is 11.0. The number of aryl methyl sites for hydroxylation is 1.